The second kappa shape index (κ2) is 6.50. The quantitative estimate of drug-likeness (QED) is 0.517. The van der Waals surface area contributed by atoms with Gasteiger partial charge >= 0.3 is 5.97 Å². The summed E-state index contributed by atoms with van der Waals surface area (Å²) >= 11 is 1.08. The maximum atomic E-state index is 11.9. The average molecular weight is 324 g/mol. The van der Waals surface area contributed by atoms with Crippen LogP contribution < -0.4 is 10.1 Å². The van der Waals surface area contributed by atoms with Gasteiger partial charge in [-0.05, 0) is 47.7 Å². The molecule has 0 bridgehead atoms. The van der Waals surface area contributed by atoms with Gasteiger partial charge in [-0.25, -0.2) is 4.79 Å². The molecule has 6 heteroatoms. The van der Waals surface area contributed by atoms with Crippen molar-refractivity contribution in [3.63, 3.8) is 0 Å². The Morgan fingerprint density at radius 2 is 1.78 bits per heavy atom. The maximum Gasteiger partial charge on any atom is 0.343 e. The first-order valence-electron chi connectivity index (χ1n) is 6.78. The highest BCUT2D eigenvalue weighted by atomic mass is 32.2. The first-order valence-corrected chi connectivity index (χ1v) is 7.60. The van der Waals surface area contributed by atoms with Gasteiger partial charge in [-0.3, -0.25) is 10.2 Å². The lowest BCUT2D eigenvalue weighted by Gasteiger charge is -2.04. The van der Waals surface area contributed by atoms with E-state index in [4.69, 9.17) is 10.1 Å². The van der Waals surface area contributed by atoms with Crippen molar-refractivity contribution in [2.24, 2.45) is 0 Å². The molecule has 114 valence electrons. The third-order valence-corrected chi connectivity index (χ3v) is 3.89. The van der Waals surface area contributed by atoms with E-state index in [1.807, 2.05) is 6.07 Å². The summed E-state index contributed by atoms with van der Waals surface area (Å²) in [7, 11) is 0. The van der Waals surface area contributed by atoms with Crippen molar-refractivity contribution >= 4 is 34.9 Å². The largest absolute Gasteiger partial charge is 0.423 e. The van der Waals surface area contributed by atoms with Crippen molar-refractivity contribution in [2.75, 3.05) is 0 Å². The minimum Gasteiger partial charge on any atom is -0.423 e. The Labute approximate surface area is 136 Å². The SMILES string of the molecule is N=C1NC(=O)C(=Cc2ccc(OC(=O)c3ccccc3)cc2)S1. The van der Waals surface area contributed by atoms with Gasteiger partial charge in [0, 0.05) is 0 Å². The summed E-state index contributed by atoms with van der Waals surface area (Å²) in [5.41, 5.74) is 1.27. The molecule has 0 radical (unpaired) electrons. The number of thioether (sulfide) groups is 1. The molecule has 3 rings (SSSR count). The summed E-state index contributed by atoms with van der Waals surface area (Å²) in [5, 5.41) is 9.93. The predicted molar refractivity (Wildman–Crippen MR) is 89.3 cm³/mol. The van der Waals surface area contributed by atoms with Crippen LogP contribution in [0, 0.1) is 5.41 Å². The Kier molecular flexibility index (Phi) is 4.25. The molecule has 2 aromatic rings. The Bertz CT molecular complexity index is 798. The molecule has 0 atom stereocenters. The molecule has 2 N–H and O–H groups in total. The van der Waals surface area contributed by atoms with Gasteiger partial charge in [-0.15, -0.1) is 0 Å². The molecule has 2 aromatic carbocycles. The van der Waals surface area contributed by atoms with Crippen LogP contribution in [0.5, 0.6) is 5.75 Å². The molecule has 0 aromatic heterocycles. The first kappa shape index (κ1) is 15.1. The lowest BCUT2D eigenvalue weighted by atomic mass is 10.2. The summed E-state index contributed by atoms with van der Waals surface area (Å²) in [6, 6.07) is 15.6. The van der Waals surface area contributed by atoms with Gasteiger partial charge < -0.3 is 10.1 Å². The van der Waals surface area contributed by atoms with Gasteiger partial charge in [0.05, 0.1) is 10.5 Å². The van der Waals surface area contributed by atoms with E-state index < -0.39 is 5.97 Å². The fraction of sp³-hybridized carbons (Fsp3) is 0. The van der Waals surface area contributed by atoms with Gasteiger partial charge in [0.25, 0.3) is 5.91 Å². The molecule has 1 aliphatic rings. The van der Waals surface area contributed by atoms with Crippen LogP contribution >= 0.6 is 11.8 Å². The van der Waals surface area contributed by atoms with E-state index in [1.165, 1.54) is 0 Å². The number of benzene rings is 2. The smallest absolute Gasteiger partial charge is 0.343 e. The minimum atomic E-state index is -0.420. The van der Waals surface area contributed by atoms with Gasteiger partial charge in [0.15, 0.2) is 5.17 Å². The second-order valence-electron chi connectivity index (χ2n) is 4.72. The highest BCUT2D eigenvalue weighted by Gasteiger charge is 2.22. The summed E-state index contributed by atoms with van der Waals surface area (Å²) in [5.74, 6) is -0.271. The van der Waals surface area contributed by atoms with Gasteiger partial charge in [0.2, 0.25) is 0 Å². The van der Waals surface area contributed by atoms with E-state index in [1.54, 1.807) is 54.6 Å². The average Bonchev–Trinajstić information content (AvgIpc) is 2.87. The zero-order chi connectivity index (χ0) is 16.2. The minimum absolute atomic E-state index is 0.120. The third kappa shape index (κ3) is 3.67. The number of amidine groups is 1. The topological polar surface area (TPSA) is 79.2 Å². The van der Waals surface area contributed by atoms with Crippen LogP contribution in [0.4, 0.5) is 0 Å². The van der Waals surface area contributed by atoms with Crippen LogP contribution in [0.25, 0.3) is 6.08 Å². The highest BCUT2D eigenvalue weighted by Crippen LogP contribution is 2.25. The summed E-state index contributed by atoms with van der Waals surface area (Å²) in [6.45, 7) is 0. The predicted octanol–water partition coefficient (Wildman–Crippen LogP) is 3.04. The van der Waals surface area contributed by atoms with Crippen LogP contribution in [0.1, 0.15) is 15.9 Å². The van der Waals surface area contributed by atoms with E-state index in [9.17, 15) is 9.59 Å². The van der Waals surface area contributed by atoms with E-state index in [-0.39, 0.29) is 11.1 Å². The lowest BCUT2D eigenvalue weighted by Crippen LogP contribution is -2.18. The molecule has 1 heterocycles. The van der Waals surface area contributed by atoms with Crippen LogP contribution in [0.2, 0.25) is 0 Å². The van der Waals surface area contributed by atoms with E-state index in [0.29, 0.717) is 16.2 Å². The van der Waals surface area contributed by atoms with Crippen LogP contribution in [-0.4, -0.2) is 17.0 Å². The molecule has 0 aliphatic carbocycles. The van der Waals surface area contributed by atoms with Crippen LogP contribution in [0.15, 0.2) is 59.5 Å². The maximum absolute atomic E-state index is 11.9. The zero-order valence-corrected chi connectivity index (χ0v) is 12.7. The molecule has 1 saturated heterocycles. The van der Waals surface area contributed by atoms with Gasteiger partial charge in [-0.2, -0.15) is 0 Å². The number of rotatable bonds is 3. The molecule has 0 saturated carbocycles. The lowest BCUT2D eigenvalue weighted by molar-refractivity contribution is -0.115. The summed E-state index contributed by atoms with van der Waals surface area (Å²) in [6.07, 6.45) is 1.68. The number of ether oxygens (including phenoxy) is 1. The molecular weight excluding hydrogens is 312 g/mol. The normalized spacial score (nSPS) is 15.6. The van der Waals surface area contributed by atoms with Crippen molar-refractivity contribution in [3.05, 3.63) is 70.6 Å². The van der Waals surface area contributed by atoms with Crippen LogP contribution in [-0.2, 0) is 4.79 Å². The first-order chi connectivity index (χ1) is 11.1. The van der Waals surface area contributed by atoms with Gasteiger partial charge in [-0.1, -0.05) is 30.3 Å². The molecule has 1 amide bonds. The van der Waals surface area contributed by atoms with Crippen molar-refractivity contribution in [2.45, 2.75) is 0 Å². The Morgan fingerprint density at radius 3 is 2.39 bits per heavy atom. The number of nitrogens with one attached hydrogen (secondary N) is 2. The number of amides is 1. The van der Waals surface area contributed by atoms with Gasteiger partial charge in [0.1, 0.15) is 5.75 Å². The molecule has 1 aliphatic heterocycles. The van der Waals surface area contributed by atoms with E-state index >= 15 is 0 Å². The van der Waals surface area contributed by atoms with Crippen molar-refractivity contribution in [1.29, 1.82) is 5.41 Å². The second-order valence-corrected chi connectivity index (χ2v) is 5.77. The van der Waals surface area contributed by atoms with Crippen molar-refractivity contribution in [3.8, 4) is 5.75 Å². The molecule has 23 heavy (non-hydrogen) atoms. The fourth-order valence-electron chi connectivity index (χ4n) is 1.97. The molecule has 1 fully saturated rings. The molecule has 0 unspecified atom stereocenters. The molecule has 5 nitrogen and oxygen atoms in total. The number of esters is 1. The Hall–Kier alpha value is -2.86. The van der Waals surface area contributed by atoms with E-state index in [2.05, 4.69) is 5.32 Å². The van der Waals surface area contributed by atoms with E-state index in [0.717, 1.165) is 17.3 Å². The van der Waals surface area contributed by atoms with Crippen LogP contribution in [0.3, 0.4) is 0 Å². The number of carbonyl (C=O) groups is 2. The standard InChI is InChI=1S/C17H12N2O3S/c18-17-19-15(20)14(23-17)10-11-6-8-13(9-7-11)22-16(21)12-4-2-1-3-5-12/h1-10H,(H2,18,19,20). The Morgan fingerprint density at radius 1 is 1.09 bits per heavy atom. The molecule has 0 spiro atoms. The van der Waals surface area contributed by atoms with Crippen molar-refractivity contribution in [1.82, 2.24) is 5.32 Å². The monoisotopic (exact) mass is 324 g/mol. The van der Waals surface area contributed by atoms with Crippen molar-refractivity contribution < 1.29 is 14.3 Å². The number of carbonyl (C=O) groups excluding carboxylic acids is 2. The molecular formula is C17H12N2O3S. The fourth-order valence-corrected chi connectivity index (χ4v) is 2.67. The number of hydrogen-bond acceptors (Lipinski definition) is 5. The Balaban J connectivity index is 1.70. The highest BCUT2D eigenvalue weighted by molar-refractivity contribution is 8.18. The number of hydrogen-bond donors (Lipinski definition) is 2. The summed E-state index contributed by atoms with van der Waals surface area (Å²) < 4.78 is 5.29. The summed E-state index contributed by atoms with van der Waals surface area (Å²) in [4.78, 5) is 24.0. The third-order valence-electron chi connectivity index (χ3n) is 3.06. The zero-order valence-electron chi connectivity index (χ0n) is 11.9.